The minimum atomic E-state index is 0.233. The molecule has 5 heterocycles. The first kappa shape index (κ1) is 18.0. The van der Waals surface area contributed by atoms with E-state index < -0.39 is 0 Å². The van der Waals surface area contributed by atoms with E-state index >= 15 is 0 Å². The molecule has 148 valence electrons. The lowest BCUT2D eigenvalue weighted by Crippen LogP contribution is -2.46. The van der Waals surface area contributed by atoms with E-state index in [9.17, 15) is 0 Å². The summed E-state index contributed by atoms with van der Waals surface area (Å²) in [5.74, 6) is 1.60. The van der Waals surface area contributed by atoms with Gasteiger partial charge in [-0.3, -0.25) is 10.4 Å². The molecule has 0 spiro atoms. The highest BCUT2D eigenvalue weighted by Crippen LogP contribution is 2.38. The second-order valence-electron chi connectivity index (χ2n) is 8.03. The number of pyridine rings is 2. The molecule has 4 N–H and O–H groups in total. The molecule has 4 atom stereocenters. The number of anilines is 1. The van der Waals surface area contributed by atoms with Crippen LogP contribution in [0.4, 0.5) is 5.82 Å². The number of nitrogens with one attached hydrogen (secondary N) is 4. The van der Waals surface area contributed by atoms with Crippen LogP contribution in [0, 0.1) is 5.92 Å². The highest BCUT2D eigenvalue weighted by atomic mass is 15.4. The summed E-state index contributed by atoms with van der Waals surface area (Å²) in [6.07, 6.45) is 6.05. The van der Waals surface area contributed by atoms with Gasteiger partial charge in [0.1, 0.15) is 5.82 Å². The first-order chi connectivity index (χ1) is 13.9. The highest BCUT2D eigenvalue weighted by molar-refractivity contribution is 5.40. The summed E-state index contributed by atoms with van der Waals surface area (Å²) in [6.45, 7) is 5.16. The molecule has 5 rings (SSSR count). The average Bonchev–Trinajstić information content (AvgIpc) is 2.99. The molecule has 0 radical (unpaired) electrons. The summed E-state index contributed by atoms with van der Waals surface area (Å²) in [4.78, 5) is 11.8. The fraction of sp³-hybridized carbons (Fsp3) is 0.524. The van der Waals surface area contributed by atoms with Gasteiger partial charge in [-0.15, -0.1) is 0 Å². The van der Waals surface area contributed by atoms with Gasteiger partial charge in [-0.05, 0) is 43.1 Å². The first-order valence-corrected chi connectivity index (χ1v) is 10.5. The fourth-order valence-electron chi connectivity index (χ4n) is 4.76. The molecule has 0 bridgehead atoms. The molecule has 3 aliphatic heterocycles. The Morgan fingerprint density at radius 1 is 1.04 bits per heavy atom. The van der Waals surface area contributed by atoms with Crippen molar-refractivity contribution in [3.8, 4) is 0 Å². The Morgan fingerprint density at radius 3 is 2.96 bits per heavy atom. The lowest BCUT2D eigenvalue weighted by atomic mass is 9.81. The summed E-state index contributed by atoms with van der Waals surface area (Å²) in [6, 6.07) is 11.7. The molecular formula is C21H29N7. The quantitative estimate of drug-likeness (QED) is 0.637. The minimum Gasteiger partial charge on any atom is -0.355 e. The first-order valence-electron chi connectivity index (χ1n) is 10.5. The summed E-state index contributed by atoms with van der Waals surface area (Å²) >= 11 is 0. The second kappa shape index (κ2) is 8.13. The van der Waals surface area contributed by atoms with E-state index in [4.69, 9.17) is 4.98 Å². The van der Waals surface area contributed by atoms with Crippen LogP contribution in [-0.4, -0.2) is 48.7 Å². The van der Waals surface area contributed by atoms with Crippen LogP contribution < -0.4 is 26.4 Å². The van der Waals surface area contributed by atoms with Crippen molar-refractivity contribution in [1.29, 1.82) is 0 Å². The zero-order chi connectivity index (χ0) is 18.8. The Hall–Kier alpha value is -2.06. The Balaban J connectivity index is 1.35. The monoisotopic (exact) mass is 379 g/mol. The van der Waals surface area contributed by atoms with Gasteiger partial charge in [0.15, 0.2) is 0 Å². The van der Waals surface area contributed by atoms with Crippen molar-refractivity contribution in [3.05, 3.63) is 54.0 Å². The predicted octanol–water partition coefficient (Wildman–Crippen LogP) is 1.14. The number of aromatic nitrogens is 2. The van der Waals surface area contributed by atoms with E-state index in [-0.39, 0.29) is 6.04 Å². The van der Waals surface area contributed by atoms with Crippen molar-refractivity contribution in [3.63, 3.8) is 0 Å². The maximum absolute atomic E-state index is 5.07. The SMILES string of the molecule is c1cncc(C2CC3C(CN2)NNC3c2cccc(N3CCCNCC3)n2)c1. The molecule has 0 saturated carbocycles. The van der Waals surface area contributed by atoms with Crippen LogP contribution in [0.15, 0.2) is 42.7 Å². The Kier molecular flexibility index (Phi) is 5.22. The van der Waals surface area contributed by atoms with Crippen LogP contribution in [0.25, 0.3) is 0 Å². The summed E-state index contributed by atoms with van der Waals surface area (Å²) in [5.41, 5.74) is 9.44. The molecule has 7 heteroatoms. The number of hydrogen-bond acceptors (Lipinski definition) is 7. The van der Waals surface area contributed by atoms with Gasteiger partial charge in [0, 0.05) is 56.6 Å². The Bertz CT molecular complexity index is 775. The number of hydrazine groups is 1. The number of nitrogens with zero attached hydrogens (tertiary/aromatic N) is 3. The molecule has 4 unspecified atom stereocenters. The van der Waals surface area contributed by atoms with Gasteiger partial charge >= 0.3 is 0 Å². The van der Waals surface area contributed by atoms with E-state index in [1.807, 2.05) is 18.5 Å². The zero-order valence-corrected chi connectivity index (χ0v) is 16.1. The molecule has 0 aliphatic carbocycles. The lowest BCUT2D eigenvalue weighted by Gasteiger charge is -2.34. The van der Waals surface area contributed by atoms with Crippen molar-refractivity contribution in [2.24, 2.45) is 5.92 Å². The lowest BCUT2D eigenvalue weighted by molar-refractivity contribution is 0.265. The molecule has 28 heavy (non-hydrogen) atoms. The molecule has 3 saturated heterocycles. The molecule has 0 aromatic carbocycles. The average molecular weight is 380 g/mol. The smallest absolute Gasteiger partial charge is 0.128 e. The third kappa shape index (κ3) is 3.63. The van der Waals surface area contributed by atoms with E-state index in [1.54, 1.807) is 0 Å². The van der Waals surface area contributed by atoms with Gasteiger partial charge in [-0.1, -0.05) is 12.1 Å². The number of hydrogen-bond donors (Lipinski definition) is 4. The number of fused-ring (bicyclic) bond motifs is 1. The van der Waals surface area contributed by atoms with Gasteiger partial charge < -0.3 is 15.5 Å². The van der Waals surface area contributed by atoms with Crippen molar-refractivity contribution in [1.82, 2.24) is 31.5 Å². The third-order valence-corrected chi connectivity index (χ3v) is 6.29. The van der Waals surface area contributed by atoms with E-state index in [0.717, 1.165) is 57.1 Å². The Labute approximate surface area is 166 Å². The maximum Gasteiger partial charge on any atom is 0.128 e. The largest absolute Gasteiger partial charge is 0.355 e. The van der Waals surface area contributed by atoms with Crippen LogP contribution in [0.5, 0.6) is 0 Å². The zero-order valence-electron chi connectivity index (χ0n) is 16.1. The third-order valence-electron chi connectivity index (χ3n) is 6.29. The molecule has 2 aromatic rings. The van der Waals surface area contributed by atoms with Crippen LogP contribution in [0.2, 0.25) is 0 Å². The van der Waals surface area contributed by atoms with Crippen LogP contribution >= 0.6 is 0 Å². The van der Waals surface area contributed by atoms with Crippen LogP contribution in [0.3, 0.4) is 0 Å². The summed E-state index contributed by atoms with van der Waals surface area (Å²) in [7, 11) is 0. The van der Waals surface area contributed by atoms with Gasteiger partial charge in [0.05, 0.1) is 11.7 Å². The van der Waals surface area contributed by atoms with Crippen molar-refractivity contribution < 1.29 is 0 Å². The fourth-order valence-corrected chi connectivity index (χ4v) is 4.76. The number of rotatable bonds is 3. The number of piperidine rings is 1. The minimum absolute atomic E-state index is 0.233. The molecule has 7 nitrogen and oxygen atoms in total. The normalized spacial score (nSPS) is 30.6. The summed E-state index contributed by atoms with van der Waals surface area (Å²) < 4.78 is 0. The van der Waals surface area contributed by atoms with E-state index in [0.29, 0.717) is 18.0 Å². The highest BCUT2D eigenvalue weighted by Gasteiger charge is 2.42. The van der Waals surface area contributed by atoms with Crippen molar-refractivity contribution >= 4 is 5.82 Å². The van der Waals surface area contributed by atoms with Gasteiger partial charge in [0.25, 0.3) is 0 Å². The van der Waals surface area contributed by atoms with E-state index in [1.165, 1.54) is 5.56 Å². The van der Waals surface area contributed by atoms with Crippen molar-refractivity contribution in [2.75, 3.05) is 37.6 Å². The van der Waals surface area contributed by atoms with Gasteiger partial charge in [-0.2, -0.15) is 0 Å². The van der Waals surface area contributed by atoms with Gasteiger partial charge in [0.2, 0.25) is 0 Å². The maximum atomic E-state index is 5.07. The Morgan fingerprint density at radius 2 is 2.04 bits per heavy atom. The predicted molar refractivity (Wildman–Crippen MR) is 110 cm³/mol. The summed E-state index contributed by atoms with van der Waals surface area (Å²) in [5, 5.41) is 7.14. The standard InChI is InChI=1S/C21H29N7/c1-5-17(25-20(6-1)28-10-3-8-22-9-11-28)21-16-12-18(15-4-2-7-23-13-15)24-14-19(16)26-27-21/h1-2,4-7,13,16,18-19,21-22,24,26-27H,3,8-12,14H2. The topological polar surface area (TPSA) is 77.1 Å². The van der Waals surface area contributed by atoms with E-state index in [2.05, 4.69) is 55.6 Å². The van der Waals surface area contributed by atoms with Crippen LogP contribution in [-0.2, 0) is 0 Å². The van der Waals surface area contributed by atoms with Gasteiger partial charge in [-0.25, -0.2) is 10.4 Å². The second-order valence-corrected chi connectivity index (χ2v) is 8.03. The van der Waals surface area contributed by atoms with Crippen LogP contribution in [0.1, 0.15) is 36.2 Å². The molecule has 3 fully saturated rings. The molecule has 0 amide bonds. The van der Waals surface area contributed by atoms with Crippen molar-refractivity contribution in [2.45, 2.75) is 31.0 Å². The molecular weight excluding hydrogens is 350 g/mol. The molecule has 2 aromatic heterocycles. The molecule has 3 aliphatic rings.